The number of nitrogens with zero attached hydrogens (tertiary/aromatic N) is 4. The summed E-state index contributed by atoms with van der Waals surface area (Å²) in [5, 5.41) is 5.71. The summed E-state index contributed by atoms with van der Waals surface area (Å²) in [7, 11) is 1.69. The molecule has 8 heteroatoms. The third-order valence-corrected chi connectivity index (χ3v) is 2.44. The number of carbonyl (C=O) groups excluding carboxylic acids is 1. The van der Waals surface area contributed by atoms with E-state index in [1.54, 1.807) is 11.9 Å². The lowest BCUT2D eigenvalue weighted by molar-refractivity contribution is -0.120. The fourth-order valence-corrected chi connectivity index (χ4v) is 1.61. The highest BCUT2D eigenvalue weighted by Gasteiger charge is 2.15. The van der Waals surface area contributed by atoms with E-state index in [-0.39, 0.29) is 23.8 Å². The lowest BCUT2D eigenvalue weighted by atomic mass is 10.4. The molecule has 0 fully saturated rings. The van der Waals surface area contributed by atoms with Crippen LogP contribution < -0.4 is 15.5 Å². The zero-order valence-corrected chi connectivity index (χ0v) is 12.3. The minimum Gasteiger partial charge on any atom is -0.357 e. The number of anilines is 2. The van der Waals surface area contributed by atoms with Crippen LogP contribution in [0.5, 0.6) is 0 Å². The molecular formula is C11H19ClN6O. The average Bonchev–Trinajstić information content (AvgIpc) is 2.34. The quantitative estimate of drug-likeness (QED) is 0.809. The van der Waals surface area contributed by atoms with Gasteiger partial charge in [0.2, 0.25) is 23.1 Å². The fourth-order valence-electron chi connectivity index (χ4n) is 1.46. The van der Waals surface area contributed by atoms with Gasteiger partial charge < -0.3 is 15.5 Å². The molecule has 1 rings (SSSR count). The summed E-state index contributed by atoms with van der Waals surface area (Å²) >= 11 is 5.82. The van der Waals surface area contributed by atoms with Gasteiger partial charge >= 0.3 is 0 Å². The van der Waals surface area contributed by atoms with Gasteiger partial charge in [-0.15, -0.1) is 0 Å². The normalized spacial score (nSPS) is 10.4. The highest BCUT2D eigenvalue weighted by Crippen LogP contribution is 2.13. The van der Waals surface area contributed by atoms with Crippen LogP contribution in [-0.4, -0.2) is 47.0 Å². The van der Waals surface area contributed by atoms with Crippen LogP contribution >= 0.6 is 11.6 Å². The lowest BCUT2D eigenvalue weighted by Crippen LogP contribution is -2.40. The number of aromatic nitrogens is 3. The molecular weight excluding hydrogens is 268 g/mol. The van der Waals surface area contributed by atoms with Gasteiger partial charge in [-0.3, -0.25) is 4.79 Å². The van der Waals surface area contributed by atoms with Crippen LogP contribution in [0.15, 0.2) is 0 Å². The first-order valence-corrected chi connectivity index (χ1v) is 6.47. The van der Waals surface area contributed by atoms with Gasteiger partial charge in [-0.2, -0.15) is 15.0 Å². The molecule has 1 heterocycles. The van der Waals surface area contributed by atoms with Crippen molar-refractivity contribution in [2.24, 2.45) is 0 Å². The molecule has 106 valence electrons. The predicted molar refractivity (Wildman–Crippen MR) is 75.5 cm³/mol. The van der Waals surface area contributed by atoms with Gasteiger partial charge in [-0.1, -0.05) is 0 Å². The van der Waals surface area contributed by atoms with E-state index in [0.29, 0.717) is 18.4 Å². The zero-order chi connectivity index (χ0) is 14.4. The molecule has 0 bridgehead atoms. The van der Waals surface area contributed by atoms with Gasteiger partial charge in [-0.05, 0) is 32.4 Å². The minimum atomic E-state index is -0.0839. The van der Waals surface area contributed by atoms with Crippen molar-refractivity contribution in [1.82, 2.24) is 20.3 Å². The Morgan fingerprint density at radius 2 is 2.05 bits per heavy atom. The van der Waals surface area contributed by atoms with Crippen molar-refractivity contribution in [3.8, 4) is 0 Å². The van der Waals surface area contributed by atoms with Gasteiger partial charge in [0.05, 0.1) is 6.54 Å². The van der Waals surface area contributed by atoms with Crippen LogP contribution in [0.3, 0.4) is 0 Å². The molecule has 0 unspecified atom stereocenters. The smallest absolute Gasteiger partial charge is 0.239 e. The summed E-state index contributed by atoms with van der Waals surface area (Å²) in [4.78, 5) is 25.6. The van der Waals surface area contributed by atoms with Crippen LogP contribution in [-0.2, 0) is 4.79 Å². The number of hydrogen-bond acceptors (Lipinski definition) is 6. The third kappa shape index (κ3) is 4.86. The Kier molecular flexibility index (Phi) is 5.75. The Morgan fingerprint density at radius 1 is 1.37 bits per heavy atom. The Balaban J connectivity index is 2.84. The van der Waals surface area contributed by atoms with Gasteiger partial charge in [0.1, 0.15) is 0 Å². The number of carbonyl (C=O) groups is 1. The van der Waals surface area contributed by atoms with Crippen molar-refractivity contribution in [2.75, 3.05) is 30.4 Å². The monoisotopic (exact) mass is 286 g/mol. The number of rotatable bonds is 6. The van der Waals surface area contributed by atoms with E-state index in [0.717, 1.165) is 0 Å². The van der Waals surface area contributed by atoms with Gasteiger partial charge in [0.25, 0.3) is 0 Å². The summed E-state index contributed by atoms with van der Waals surface area (Å²) in [5.41, 5.74) is 0. The molecule has 0 spiro atoms. The van der Waals surface area contributed by atoms with E-state index in [2.05, 4.69) is 25.6 Å². The van der Waals surface area contributed by atoms with Crippen LogP contribution in [0.2, 0.25) is 5.28 Å². The number of nitrogens with one attached hydrogen (secondary N) is 2. The van der Waals surface area contributed by atoms with E-state index in [1.807, 2.05) is 20.8 Å². The Hall–Kier alpha value is -1.63. The molecule has 1 amide bonds. The van der Waals surface area contributed by atoms with Crippen molar-refractivity contribution in [3.05, 3.63) is 5.28 Å². The standard InChI is InChI=1S/C11H19ClN6O/c1-5-18(6-8(19)14-7(2)3)11-16-9(12)15-10(13-4)17-11/h7H,5-6H2,1-4H3,(H,14,19)(H,13,15,16,17). The fraction of sp³-hybridized carbons (Fsp3) is 0.636. The Labute approximate surface area is 117 Å². The second-order valence-corrected chi connectivity index (χ2v) is 4.55. The van der Waals surface area contributed by atoms with Gasteiger partial charge in [0.15, 0.2) is 0 Å². The molecule has 0 aliphatic rings. The Morgan fingerprint density at radius 3 is 2.58 bits per heavy atom. The van der Waals surface area contributed by atoms with Crippen molar-refractivity contribution in [2.45, 2.75) is 26.8 Å². The average molecular weight is 287 g/mol. The second-order valence-electron chi connectivity index (χ2n) is 4.21. The highest BCUT2D eigenvalue weighted by molar-refractivity contribution is 6.28. The molecule has 0 aliphatic carbocycles. The molecule has 0 aliphatic heterocycles. The van der Waals surface area contributed by atoms with E-state index in [4.69, 9.17) is 11.6 Å². The van der Waals surface area contributed by atoms with Crippen LogP contribution in [0.4, 0.5) is 11.9 Å². The third-order valence-electron chi connectivity index (χ3n) is 2.27. The maximum atomic E-state index is 11.8. The van der Waals surface area contributed by atoms with Gasteiger partial charge in [-0.25, -0.2) is 0 Å². The largest absolute Gasteiger partial charge is 0.357 e. The molecule has 19 heavy (non-hydrogen) atoms. The maximum Gasteiger partial charge on any atom is 0.239 e. The number of halogens is 1. The SMILES string of the molecule is CCN(CC(=O)NC(C)C)c1nc(Cl)nc(NC)n1. The van der Waals surface area contributed by atoms with E-state index < -0.39 is 0 Å². The van der Waals surface area contributed by atoms with E-state index in [1.165, 1.54) is 0 Å². The van der Waals surface area contributed by atoms with Crippen molar-refractivity contribution in [3.63, 3.8) is 0 Å². The second kappa shape index (κ2) is 7.08. The molecule has 7 nitrogen and oxygen atoms in total. The maximum absolute atomic E-state index is 11.8. The molecule has 0 radical (unpaired) electrons. The van der Waals surface area contributed by atoms with E-state index >= 15 is 0 Å². The summed E-state index contributed by atoms with van der Waals surface area (Å²) in [6.07, 6.45) is 0. The first-order valence-electron chi connectivity index (χ1n) is 6.09. The lowest BCUT2D eigenvalue weighted by Gasteiger charge is -2.21. The first-order chi connectivity index (χ1) is 8.96. The summed E-state index contributed by atoms with van der Waals surface area (Å²) in [5.74, 6) is 0.669. The van der Waals surface area contributed by atoms with Crippen molar-refractivity contribution >= 4 is 29.4 Å². The minimum absolute atomic E-state index is 0.0839. The van der Waals surface area contributed by atoms with E-state index in [9.17, 15) is 4.79 Å². The number of hydrogen-bond donors (Lipinski definition) is 2. The summed E-state index contributed by atoms with van der Waals surface area (Å²) < 4.78 is 0. The van der Waals surface area contributed by atoms with Crippen molar-refractivity contribution < 1.29 is 4.79 Å². The first kappa shape index (κ1) is 15.4. The molecule has 1 aromatic rings. The van der Waals surface area contributed by atoms with Crippen LogP contribution in [0.1, 0.15) is 20.8 Å². The Bertz CT molecular complexity index is 439. The number of amides is 1. The molecule has 0 saturated heterocycles. The molecule has 0 saturated carbocycles. The topological polar surface area (TPSA) is 83.0 Å². The van der Waals surface area contributed by atoms with Crippen LogP contribution in [0.25, 0.3) is 0 Å². The summed E-state index contributed by atoms with van der Waals surface area (Å²) in [6.45, 7) is 6.51. The number of likely N-dealkylation sites (N-methyl/N-ethyl adjacent to an activating group) is 1. The molecule has 1 aromatic heterocycles. The molecule has 2 N–H and O–H groups in total. The predicted octanol–water partition coefficient (Wildman–Crippen LogP) is 0.918. The highest BCUT2D eigenvalue weighted by atomic mass is 35.5. The van der Waals surface area contributed by atoms with Gasteiger partial charge in [0, 0.05) is 19.6 Å². The van der Waals surface area contributed by atoms with Crippen molar-refractivity contribution in [1.29, 1.82) is 0 Å². The zero-order valence-electron chi connectivity index (χ0n) is 11.6. The molecule has 0 atom stereocenters. The summed E-state index contributed by atoms with van der Waals surface area (Å²) in [6, 6.07) is 0.0982. The van der Waals surface area contributed by atoms with Crippen LogP contribution in [0, 0.1) is 0 Å². The molecule has 0 aromatic carbocycles.